The van der Waals surface area contributed by atoms with E-state index in [0.717, 1.165) is 31.8 Å². The molecule has 1 spiro atoms. The standard InChI is InChI=1S/C14H20N2O3/c1-15-7-11(8-17)6-14(15)9-16(10-14)13(18)5-12-3-2-4-19-12/h2-4,11,17H,5-10H2,1H3/t11-/m0/s1. The van der Waals surface area contributed by atoms with Crippen LogP contribution in [0.5, 0.6) is 0 Å². The van der Waals surface area contributed by atoms with Crippen LogP contribution < -0.4 is 0 Å². The number of nitrogens with zero attached hydrogens (tertiary/aromatic N) is 2. The third-order valence-electron chi connectivity index (χ3n) is 4.50. The van der Waals surface area contributed by atoms with Gasteiger partial charge in [0.25, 0.3) is 0 Å². The lowest BCUT2D eigenvalue weighted by Crippen LogP contribution is -2.68. The van der Waals surface area contributed by atoms with Gasteiger partial charge in [-0.25, -0.2) is 0 Å². The molecule has 104 valence electrons. The first kappa shape index (κ1) is 12.7. The van der Waals surface area contributed by atoms with Crippen molar-refractivity contribution < 1.29 is 14.3 Å². The first-order valence-corrected chi connectivity index (χ1v) is 6.75. The van der Waals surface area contributed by atoms with Gasteiger partial charge in [0, 0.05) is 26.2 Å². The Labute approximate surface area is 112 Å². The normalized spacial score (nSPS) is 25.8. The zero-order valence-electron chi connectivity index (χ0n) is 11.2. The summed E-state index contributed by atoms with van der Waals surface area (Å²) in [5, 5.41) is 9.26. The van der Waals surface area contributed by atoms with E-state index in [1.54, 1.807) is 12.3 Å². The molecule has 1 atom stereocenters. The number of aliphatic hydroxyl groups is 1. The highest BCUT2D eigenvalue weighted by Crippen LogP contribution is 2.39. The van der Waals surface area contributed by atoms with Crippen LogP contribution in [0.4, 0.5) is 0 Å². The number of carbonyl (C=O) groups excluding carboxylic acids is 1. The van der Waals surface area contributed by atoms with Gasteiger partial charge in [0.2, 0.25) is 5.91 Å². The minimum atomic E-state index is 0.103. The summed E-state index contributed by atoms with van der Waals surface area (Å²) in [6.07, 6.45) is 2.93. The van der Waals surface area contributed by atoms with Gasteiger partial charge in [-0.3, -0.25) is 9.69 Å². The van der Waals surface area contributed by atoms with Crippen LogP contribution in [-0.2, 0) is 11.2 Å². The minimum Gasteiger partial charge on any atom is -0.469 e. The quantitative estimate of drug-likeness (QED) is 0.856. The number of amides is 1. The molecule has 1 aromatic heterocycles. The van der Waals surface area contributed by atoms with Crippen molar-refractivity contribution in [2.24, 2.45) is 5.92 Å². The van der Waals surface area contributed by atoms with E-state index in [1.165, 1.54) is 0 Å². The molecule has 3 rings (SSSR count). The van der Waals surface area contributed by atoms with Crippen molar-refractivity contribution in [3.63, 3.8) is 0 Å². The van der Waals surface area contributed by atoms with Crippen LogP contribution in [0.15, 0.2) is 22.8 Å². The maximum atomic E-state index is 12.1. The van der Waals surface area contributed by atoms with Gasteiger partial charge < -0.3 is 14.4 Å². The number of hydrogen-bond donors (Lipinski definition) is 1. The highest BCUT2D eigenvalue weighted by molar-refractivity contribution is 5.79. The van der Waals surface area contributed by atoms with Crippen LogP contribution in [0.3, 0.4) is 0 Å². The first-order valence-electron chi connectivity index (χ1n) is 6.75. The Morgan fingerprint density at radius 3 is 2.95 bits per heavy atom. The first-order chi connectivity index (χ1) is 9.13. The van der Waals surface area contributed by atoms with Crippen molar-refractivity contribution >= 4 is 5.91 Å². The molecule has 19 heavy (non-hydrogen) atoms. The molecule has 3 heterocycles. The molecule has 0 radical (unpaired) electrons. The smallest absolute Gasteiger partial charge is 0.230 e. The lowest BCUT2D eigenvalue weighted by molar-refractivity contribution is -0.143. The van der Waals surface area contributed by atoms with E-state index in [9.17, 15) is 9.90 Å². The SMILES string of the molecule is CN1C[C@@H](CO)CC12CN(C(=O)Cc1ccco1)C2. The Morgan fingerprint density at radius 2 is 2.37 bits per heavy atom. The molecule has 2 aliphatic heterocycles. The topological polar surface area (TPSA) is 56.9 Å². The van der Waals surface area contributed by atoms with Crippen LogP contribution in [0, 0.1) is 5.92 Å². The average Bonchev–Trinajstić information content (AvgIpc) is 2.94. The number of hydrogen-bond acceptors (Lipinski definition) is 4. The van der Waals surface area contributed by atoms with Gasteiger partial charge in [0.15, 0.2) is 0 Å². The van der Waals surface area contributed by atoms with Gasteiger partial charge in [-0.1, -0.05) is 0 Å². The van der Waals surface area contributed by atoms with E-state index in [-0.39, 0.29) is 18.1 Å². The lowest BCUT2D eigenvalue weighted by Gasteiger charge is -2.52. The third-order valence-corrected chi connectivity index (χ3v) is 4.50. The summed E-state index contributed by atoms with van der Waals surface area (Å²) in [6.45, 7) is 2.72. The summed E-state index contributed by atoms with van der Waals surface area (Å²) in [5.74, 6) is 1.20. The van der Waals surface area contributed by atoms with E-state index >= 15 is 0 Å². The van der Waals surface area contributed by atoms with Crippen molar-refractivity contribution in [1.82, 2.24) is 9.80 Å². The second-order valence-electron chi connectivity index (χ2n) is 5.86. The molecular weight excluding hydrogens is 244 g/mol. The number of aliphatic hydroxyl groups excluding tert-OH is 1. The summed E-state index contributed by atoms with van der Waals surface area (Å²) < 4.78 is 5.20. The summed E-state index contributed by atoms with van der Waals surface area (Å²) in [6, 6.07) is 3.63. The van der Waals surface area contributed by atoms with Crippen molar-refractivity contribution in [3.8, 4) is 0 Å². The number of rotatable bonds is 3. The molecule has 5 nitrogen and oxygen atoms in total. The molecular formula is C14H20N2O3. The average molecular weight is 264 g/mol. The minimum absolute atomic E-state index is 0.103. The Hall–Kier alpha value is -1.33. The van der Waals surface area contributed by atoms with E-state index in [1.807, 2.05) is 11.0 Å². The van der Waals surface area contributed by atoms with Crippen LogP contribution >= 0.6 is 0 Å². The van der Waals surface area contributed by atoms with Gasteiger partial charge in [0.05, 0.1) is 18.2 Å². The van der Waals surface area contributed by atoms with Crippen LogP contribution in [0.1, 0.15) is 12.2 Å². The Bertz CT molecular complexity index is 451. The van der Waals surface area contributed by atoms with Crippen molar-refractivity contribution in [2.75, 3.05) is 33.3 Å². The van der Waals surface area contributed by atoms with Gasteiger partial charge in [-0.2, -0.15) is 0 Å². The molecule has 0 saturated carbocycles. The monoisotopic (exact) mass is 264 g/mol. The van der Waals surface area contributed by atoms with Gasteiger partial charge in [-0.05, 0) is 31.5 Å². The molecule has 1 amide bonds. The molecule has 2 saturated heterocycles. The van der Waals surface area contributed by atoms with Crippen molar-refractivity contribution in [2.45, 2.75) is 18.4 Å². The van der Waals surface area contributed by atoms with Gasteiger partial charge in [0.1, 0.15) is 5.76 Å². The number of likely N-dealkylation sites (tertiary alicyclic amines) is 2. The molecule has 5 heteroatoms. The van der Waals surface area contributed by atoms with Crippen molar-refractivity contribution in [1.29, 1.82) is 0 Å². The molecule has 0 unspecified atom stereocenters. The fraction of sp³-hybridized carbons (Fsp3) is 0.643. The Morgan fingerprint density at radius 1 is 1.58 bits per heavy atom. The predicted octanol–water partition coefficient (Wildman–Crippen LogP) is 0.347. The highest BCUT2D eigenvalue weighted by Gasteiger charge is 2.52. The summed E-state index contributed by atoms with van der Waals surface area (Å²) in [4.78, 5) is 16.3. The fourth-order valence-corrected chi connectivity index (χ4v) is 3.35. The van der Waals surface area contributed by atoms with E-state index in [0.29, 0.717) is 12.3 Å². The number of furan rings is 1. The summed E-state index contributed by atoms with van der Waals surface area (Å²) >= 11 is 0. The highest BCUT2D eigenvalue weighted by atomic mass is 16.3. The van der Waals surface area contributed by atoms with E-state index in [2.05, 4.69) is 11.9 Å². The second-order valence-corrected chi connectivity index (χ2v) is 5.86. The molecule has 0 aromatic carbocycles. The molecule has 1 aromatic rings. The molecule has 2 aliphatic rings. The Kier molecular flexibility index (Phi) is 3.11. The van der Waals surface area contributed by atoms with Gasteiger partial charge >= 0.3 is 0 Å². The summed E-state index contributed by atoms with van der Waals surface area (Å²) in [7, 11) is 2.09. The summed E-state index contributed by atoms with van der Waals surface area (Å²) in [5.41, 5.74) is 0.103. The second kappa shape index (κ2) is 4.65. The maximum Gasteiger partial charge on any atom is 0.230 e. The van der Waals surface area contributed by atoms with Gasteiger partial charge in [-0.15, -0.1) is 0 Å². The predicted molar refractivity (Wildman–Crippen MR) is 69.5 cm³/mol. The largest absolute Gasteiger partial charge is 0.469 e. The molecule has 2 fully saturated rings. The lowest BCUT2D eigenvalue weighted by atomic mass is 9.84. The fourth-order valence-electron chi connectivity index (χ4n) is 3.35. The molecule has 1 N–H and O–H groups in total. The maximum absolute atomic E-state index is 12.1. The molecule has 0 aliphatic carbocycles. The number of likely N-dealkylation sites (N-methyl/N-ethyl adjacent to an activating group) is 1. The van der Waals surface area contributed by atoms with E-state index < -0.39 is 0 Å². The zero-order valence-corrected chi connectivity index (χ0v) is 11.2. The Balaban J connectivity index is 1.56. The van der Waals surface area contributed by atoms with E-state index in [4.69, 9.17) is 4.42 Å². The van der Waals surface area contributed by atoms with Crippen molar-refractivity contribution in [3.05, 3.63) is 24.2 Å². The van der Waals surface area contributed by atoms with Crippen LogP contribution in [-0.4, -0.2) is 59.6 Å². The van der Waals surface area contributed by atoms with Crippen LogP contribution in [0.25, 0.3) is 0 Å². The number of carbonyl (C=O) groups is 1. The zero-order chi connectivity index (χ0) is 13.5. The van der Waals surface area contributed by atoms with Crippen LogP contribution in [0.2, 0.25) is 0 Å². The third kappa shape index (κ3) is 2.17. The molecule has 0 bridgehead atoms.